The van der Waals surface area contributed by atoms with E-state index in [4.69, 9.17) is 23.9 Å². The molecule has 0 radical (unpaired) electrons. The summed E-state index contributed by atoms with van der Waals surface area (Å²) in [5, 5.41) is 0. The van der Waals surface area contributed by atoms with E-state index in [1.54, 1.807) is 13.2 Å². The molecule has 4 heterocycles. The normalized spacial score (nSPS) is 16.9. The van der Waals surface area contributed by atoms with Crippen molar-refractivity contribution >= 4 is 34.5 Å². The second-order valence-electron chi connectivity index (χ2n) is 13.6. The van der Waals surface area contributed by atoms with E-state index in [-0.39, 0.29) is 11.9 Å². The van der Waals surface area contributed by atoms with E-state index in [0.717, 1.165) is 105 Å². The van der Waals surface area contributed by atoms with Crippen molar-refractivity contribution in [3.63, 3.8) is 0 Å². The number of aromatic nitrogens is 2. The second kappa shape index (κ2) is 15.5. The fourth-order valence-corrected chi connectivity index (χ4v) is 7.37. The van der Waals surface area contributed by atoms with Crippen LogP contribution in [0, 0.1) is 0 Å². The van der Waals surface area contributed by atoms with Crippen LogP contribution in [0.5, 0.6) is 17.2 Å². The average Bonchev–Trinajstić information content (AvgIpc) is 3.79. The Balaban J connectivity index is 0.951. The number of hydrogen-bond donors (Lipinski definition) is 0. The Hall–Kier alpha value is -5.35. The first-order chi connectivity index (χ1) is 25.6. The van der Waals surface area contributed by atoms with E-state index in [2.05, 4.69) is 56.9 Å². The van der Waals surface area contributed by atoms with Crippen LogP contribution in [0.4, 0.5) is 11.4 Å². The van der Waals surface area contributed by atoms with Crippen molar-refractivity contribution in [1.82, 2.24) is 14.5 Å². The topological polar surface area (TPSA) is 90.7 Å². The molecule has 10 nitrogen and oxygen atoms in total. The Bertz CT molecular complexity index is 2040. The van der Waals surface area contributed by atoms with Gasteiger partial charge in [0, 0.05) is 49.7 Å². The van der Waals surface area contributed by atoms with Gasteiger partial charge in [-0.2, -0.15) is 0 Å². The van der Waals surface area contributed by atoms with Crippen molar-refractivity contribution < 1.29 is 23.7 Å². The Morgan fingerprint density at radius 2 is 1.71 bits per heavy atom. The number of fused-ring (bicyclic) bond motifs is 3. The van der Waals surface area contributed by atoms with Crippen LogP contribution < -0.4 is 19.1 Å². The summed E-state index contributed by atoms with van der Waals surface area (Å²) in [5.41, 5.74) is 6.71. The summed E-state index contributed by atoms with van der Waals surface area (Å²) < 4.78 is 25.9. The number of anilines is 1. The van der Waals surface area contributed by atoms with Gasteiger partial charge in [-0.1, -0.05) is 30.3 Å². The minimum atomic E-state index is 0.00986. The maximum Gasteiger partial charge on any atom is 0.256 e. The zero-order valence-electron chi connectivity index (χ0n) is 29.7. The van der Waals surface area contributed by atoms with Gasteiger partial charge < -0.3 is 33.3 Å². The SMILES string of the molecule is COc1cc2c(cc1OCCCCCn1c(-c3ccc(OCc4ccccc4)cc3)nc3ccc(N4CCOCC4)cc31)N=C[C@@H]1CCCN1C2=O. The van der Waals surface area contributed by atoms with Gasteiger partial charge in [0.25, 0.3) is 5.91 Å². The summed E-state index contributed by atoms with van der Waals surface area (Å²) in [6, 6.07) is 28.7. The lowest BCUT2D eigenvalue weighted by Crippen LogP contribution is -2.36. The minimum absolute atomic E-state index is 0.00986. The maximum absolute atomic E-state index is 13.2. The number of unbranched alkanes of at least 4 members (excludes halogenated alkanes) is 2. The van der Waals surface area contributed by atoms with Crippen LogP contribution in [-0.4, -0.2) is 79.2 Å². The van der Waals surface area contributed by atoms with Gasteiger partial charge in [0.05, 0.1) is 55.3 Å². The number of carbonyl (C=O) groups is 1. The van der Waals surface area contributed by atoms with E-state index in [1.807, 2.05) is 47.5 Å². The number of aliphatic imine (C=N–C) groups is 1. The lowest BCUT2D eigenvalue weighted by atomic mass is 10.1. The molecule has 0 aliphatic carbocycles. The molecule has 3 aliphatic rings. The molecule has 0 N–H and O–H groups in total. The number of methoxy groups -OCH3 is 1. The molecule has 0 bridgehead atoms. The van der Waals surface area contributed by atoms with Gasteiger partial charge >= 0.3 is 0 Å². The number of benzene rings is 4. The van der Waals surface area contributed by atoms with Crippen molar-refractivity contribution in [3.05, 3.63) is 96.1 Å². The molecular formula is C42H45N5O5. The van der Waals surface area contributed by atoms with Gasteiger partial charge in [-0.25, -0.2) is 4.98 Å². The Labute approximate surface area is 304 Å². The Morgan fingerprint density at radius 1 is 0.865 bits per heavy atom. The van der Waals surface area contributed by atoms with Gasteiger partial charge in [0.2, 0.25) is 0 Å². The van der Waals surface area contributed by atoms with Crippen molar-refractivity contribution in [1.29, 1.82) is 0 Å². The summed E-state index contributed by atoms with van der Waals surface area (Å²) in [6.45, 7) is 5.89. The zero-order chi connectivity index (χ0) is 35.3. The molecule has 2 fully saturated rings. The molecule has 52 heavy (non-hydrogen) atoms. The first kappa shape index (κ1) is 33.8. The average molecular weight is 700 g/mol. The first-order valence-electron chi connectivity index (χ1n) is 18.4. The predicted octanol–water partition coefficient (Wildman–Crippen LogP) is 7.70. The van der Waals surface area contributed by atoms with E-state index in [0.29, 0.717) is 36.0 Å². The Morgan fingerprint density at radius 3 is 2.54 bits per heavy atom. The van der Waals surface area contributed by atoms with Crippen LogP contribution in [0.2, 0.25) is 0 Å². The number of hydrogen-bond acceptors (Lipinski definition) is 8. The van der Waals surface area contributed by atoms with E-state index >= 15 is 0 Å². The third-order valence-corrected chi connectivity index (χ3v) is 10.2. The number of imidazole rings is 1. The van der Waals surface area contributed by atoms with Crippen LogP contribution >= 0.6 is 0 Å². The fraction of sp³-hybridized carbons (Fsp3) is 0.357. The van der Waals surface area contributed by atoms with Crippen LogP contribution in [0.25, 0.3) is 22.4 Å². The largest absolute Gasteiger partial charge is 0.493 e. The number of carbonyl (C=O) groups excluding carboxylic acids is 1. The molecule has 10 heteroatoms. The fourth-order valence-electron chi connectivity index (χ4n) is 7.37. The summed E-state index contributed by atoms with van der Waals surface area (Å²) in [5.74, 6) is 2.96. The van der Waals surface area contributed by atoms with Crippen LogP contribution in [-0.2, 0) is 17.9 Å². The molecule has 0 spiro atoms. The molecular weight excluding hydrogens is 654 g/mol. The highest BCUT2D eigenvalue weighted by Gasteiger charge is 2.32. The summed E-state index contributed by atoms with van der Waals surface area (Å²) in [4.78, 5) is 27.3. The molecule has 3 aliphatic heterocycles. The van der Waals surface area contributed by atoms with Crippen LogP contribution in [0.3, 0.4) is 0 Å². The van der Waals surface area contributed by atoms with E-state index < -0.39 is 0 Å². The van der Waals surface area contributed by atoms with E-state index in [1.165, 1.54) is 5.69 Å². The van der Waals surface area contributed by atoms with Crippen molar-refractivity contribution in [3.8, 4) is 28.6 Å². The standard InChI is InChI=1S/C42H45N5O5/c1-49-39-26-35-37(43-28-33-11-8-19-46(33)42(35)48)27-40(39)51-22-7-3-6-18-47-38-25-32(45-20-23-50-24-21-45)14-17-36(38)44-41(47)31-12-15-34(16-13-31)52-29-30-9-4-2-5-10-30/h2,4-5,9-10,12-17,25-28,33H,3,6-8,11,18-24,29H2,1H3/t33-/m0/s1. The molecule has 268 valence electrons. The quantitative estimate of drug-likeness (QED) is 0.116. The van der Waals surface area contributed by atoms with E-state index in [9.17, 15) is 4.79 Å². The third kappa shape index (κ3) is 7.21. The van der Waals surface area contributed by atoms with Gasteiger partial charge in [-0.05, 0) is 86.2 Å². The maximum atomic E-state index is 13.2. The van der Waals surface area contributed by atoms with Gasteiger partial charge in [-0.3, -0.25) is 9.79 Å². The number of ether oxygens (including phenoxy) is 4. The number of rotatable bonds is 13. The minimum Gasteiger partial charge on any atom is -0.493 e. The predicted molar refractivity (Wildman–Crippen MR) is 204 cm³/mol. The molecule has 2 saturated heterocycles. The molecule has 0 unspecified atom stereocenters. The highest BCUT2D eigenvalue weighted by molar-refractivity contribution is 6.03. The van der Waals surface area contributed by atoms with Crippen LogP contribution in [0.1, 0.15) is 48.0 Å². The molecule has 1 atom stereocenters. The molecule has 1 aromatic heterocycles. The first-order valence-corrected chi connectivity index (χ1v) is 18.4. The number of aryl methyl sites for hydroxylation is 1. The van der Waals surface area contributed by atoms with Gasteiger partial charge in [-0.15, -0.1) is 0 Å². The molecule has 5 aromatic rings. The third-order valence-electron chi connectivity index (χ3n) is 10.2. The highest BCUT2D eigenvalue weighted by atomic mass is 16.5. The number of amides is 1. The number of nitrogens with zero attached hydrogens (tertiary/aromatic N) is 5. The summed E-state index contributed by atoms with van der Waals surface area (Å²) in [7, 11) is 1.61. The zero-order valence-corrected chi connectivity index (χ0v) is 29.7. The van der Waals surface area contributed by atoms with Crippen molar-refractivity contribution in [2.24, 2.45) is 4.99 Å². The molecule has 4 aromatic carbocycles. The smallest absolute Gasteiger partial charge is 0.256 e. The molecule has 1 amide bonds. The lowest BCUT2D eigenvalue weighted by molar-refractivity contribution is 0.0774. The molecule has 8 rings (SSSR count). The molecule has 0 saturated carbocycles. The highest BCUT2D eigenvalue weighted by Crippen LogP contribution is 2.38. The lowest BCUT2D eigenvalue weighted by Gasteiger charge is -2.28. The van der Waals surface area contributed by atoms with Gasteiger partial charge in [0.15, 0.2) is 11.5 Å². The summed E-state index contributed by atoms with van der Waals surface area (Å²) >= 11 is 0. The second-order valence-corrected chi connectivity index (χ2v) is 13.6. The number of morpholine rings is 1. The van der Waals surface area contributed by atoms with Crippen LogP contribution in [0.15, 0.2) is 89.9 Å². The van der Waals surface area contributed by atoms with Crippen molar-refractivity contribution in [2.75, 3.05) is 51.5 Å². The van der Waals surface area contributed by atoms with Crippen molar-refractivity contribution in [2.45, 2.75) is 51.3 Å². The Kier molecular flexibility index (Phi) is 10.1. The van der Waals surface area contributed by atoms with Gasteiger partial charge in [0.1, 0.15) is 18.2 Å². The summed E-state index contributed by atoms with van der Waals surface area (Å²) in [6.07, 6.45) is 6.65. The monoisotopic (exact) mass is 699 g/mol.